The molecule has 1 aromatic carbocycles. The van der Waals surface area contributed by atoms with Crippen LogP contribution in [0.4, 0.5) is 0 Å². The normalized spacial score (nSPS) is 18.0. The van der Waals surface area contributed by atoms with Crippen LogP contribution in [0.25, 0.3) is 0 Å². The fraction of sp³-hybridized carbons (Fsp3) is 0.375. The molecular weight excluding hydrogens is 328 g/mol. The Bertz CT molecular complexity index is 817. The van der Waals surface area contributed by atoms with Gasteiger partial charge in [-0.2, -0.15) is 5.10 Å². The summed E-state index contributed by atoms with van der Waals surface area (Å²) < 4.78 is 24.1. The molecule has 128 valence electrons. The molecule has 2 aromatic rings. The molecule has 1 saturated heterocycles. The summed E-state index contributed by atoms with van der Waals surface area (Å²) in [5, 5.41) is 9.32. The van der Waals surface area contributed by atoms with E-state index in [-0.39, 0.29) is 17.6 Å². The summed E-state index contributed by atoms with van der Waals surface area (Å²) in [6.07, 6.45) is 3.93. The summed E-state index contributed by atoms with van der Waals surface area (Å²) in [7, 11) is -3.51. The highest BCUT2D eigenvalue weighted by Gasteiger charge is 2.29. The zero-order chi connectivity index (χ0) is 17.2. The molecular formula is C16H20N4O3S. The van der Waals surface area contributed by atoms with E-state index in [1.807, 2.05) is 30.3 Å². The smallest absolute Gasteiger partial charge is 0.257 e. The van der Waals surface area contributed by atoms with Gasteiger partial charge in [0.2, 0.25) is 10.0 Å². The highest BCUT2D eigenvalue weighted by molar-refractivity contribution is 7.89. The maximum Gasteiger partial charge on any atom is 0.257 e. The van der Waals surface area contributed by atoms with Gasteiger partial charge in [-0.1, -0.05) is 30.3 Å². The van der Waals surface area contributed by atoms with E-state index in [1.165, 1.54) is 0 Å². The lowest BCUT2D eigenvalue weighted by Crippen LogP contribution is -2.30. The molecule has 1 aliphatic heterocycles. The third-order valence-corrected chi connectivity index (χ3v) is 5.04. The van der Waals surface area contributed by atoms with Crippen LogP contribution in [0, 0.1) is 5.92 Å². The monoisotopic (exact) mass is 348 g/mol. The molecule has 1 aromatic heterocycles. The first kappa shape index (κ1) is 16.7. The van der Waals surface area contributed by atoms with Crippen molar-refractivity contribution in [1.82, 2.24) is 14.7 Å². The molecule has 7 nitrogen and oxygen atoms in total. The van der Waals surface area contributed by atoms with Crippen molar-refractivity contribution in [2.75, 3.05) is 18.8 Å². The third kappa shape index (κ3) is 4.21. The molecule has 1 atom stereocenters. The molecule has 3 rings (SSSR count). The van der Waals surface area contributed by atoms with E-state index >= 15 is 0 Å². The number of sulfonamides is 1. The van der Waals surface area contributed by atoms with Crippen molar-refractivity contribution >= 4 is 15.9 Å². The molecule has 0 saturated carbocycles. The Hall–Kier alpha value is -2.19. The quantitative estimate of drug-likeness (QED) is 0.859. The SMILES string of the molecule is NS(=O)(=O)C[C@H]1CCN(C(=O)c2cnn(Cc3ccccc3)c2)C1. The lowest BCUT2D eigenvalue weighted by molar-refractivity contribution is 0.0788. The van der Waals surface area contributed by atoms with E-state index in [4.69, 9.17) is 5.14 Å². The van der Waals surface area contributed by atoms with Gasteiger partial charge in [0.25, 0.3) is 5.91 Å². The number of nitrogens with two attached hydrogens (primary N) is 1. The first-order valence-electron chi connectivity index (χ1n) is 7.77. The van der Waals surface area contributed by atoms with Crippen molar-refractivity contribution in [3.8, 4) is 0 Å². The Morgan fingerprint density at radius 2 is 2.04 bits per heavy atom. The van der Waals surface area contributed by atoms with Crippen LogP contribution in [0.3, 0.4) is 0 Å². The van der Waals surface area contributed by atoms with Gasteiger partial charge in [-0.25, -0.2) is 13.6 Å². The number of carbonyl (C=O) groups is 1. The molecule has 1 amide bonds. The van der Waals surface area contributed by atoms with Gasteiger partial charge in [-0.05, 0) is 17.9 Å². The number of rotatable bonds is 5. The van der Waals surface area contributed by atoms with Crippen molar-refractivity contribution in [2.45, 2.75) is 13.0 Å². The minimum absolute atomic E-state index is 0.0793. The van der Waals surface area contributed by atoms with Gasteiger partial charge in [-0.15, -0.1) is 0 Å². The lowest BCUT2D eigenvalue weighted by Gasteiger charge is -2.15. The van der Waals surface area contributed by atoms with E-state index in [2.05, 4.69) is 5.10 Å². The predicted octanol–water partition coefficient (Wildman–Crippen LogP) is 0.682. The second kappa shape index (κ2) is 6.74. The number of amides is 1. The molecule has 1 fully saturated rings. The fourth-order valence-electron chi connectivity index (χ4n) is 3.00. The number of hydrogen-bond donors (Lipinski definition) is 1. The number of aromatic nitrogens is 2. The van der Waals surface area contributed by atoms with Crippen LogP contribution >= 0.6 is 0 Å². The minimum atomic E-state index is -3.51. The van der Waals surface area contributed by atoms with Gasteiger partial charge >= 0.3 is 0 Å². The number of hydrogen-bond acceptors (Lipinski definition) is 4. The van der Waals surface area contributed by atoms with E-state index < -0.39 is 10.0 Å². The highest BCUT2D eigenvalue weighted by Crippen LogP contribution is 2.19. The second-order valence-corrected chi connectivity index (χ2v) is 7.81. The lowest BCUT2D eigenvalue weighted by atomic mass is 10.2. The van der Waals surface area contributed by atoms with Gasteiger partial charge in [0.1, 0.15) is 0 Å². The van der Waals surface area contributed by atoms with Crippen LogP contribution in [-0.4, -0.2) is 47.8 Å². The van der Waals surface area contributed by atoms with Crippen molar-refractivity contribution in [3.63, 3.8) is 0 Å². The molecule has 0 spiro atoms. The van der Waals surface area contributed by atoms with Crippen molar-refractivity contribution < 1.29 is 13.2 Å². The van der Waals surface area contributed by atoms with E-state index in [0.717, 1.165) is 5.56 Å². The summed E-state index contributed by atoms with van der Waals surface area (Å²) >= 11 is 0. The van der Waals surface area contributed by atoms with E-state index in [0.29, 0.717) is 31.6 Å². The number of benzene rings is 1. The molecule has 0 radical (unpaired) electrons. The average Bonchev–Trinajstić information content (AvgIpc) is 3.16. The Balaban J connectivity index is 1.62. The predicted molar refractivity (Wildman–Crippen MR) is 89.8 cm³/mol. The standard InChI is InChI=1S/C16H20N4O3S/c17-24(22,23)12-14-6-7-19(9-14)16(21)15-8-18-20(11-15)10-13-4-2-1-3-5-13/h1-5,8,11,14H,6-7,9-10,12H2,(H2,17,22,23)/t14-/m0/s1. The second-order valence-electron chi connectivity index (χ2n) is 6.15. The van der Waals surface area contributed by atoms with Crippen LogP contribution in [0.1, 0.15) is 22.3 Å². The molecule has 2 N–H and O–H groups in total. The first-order chi connectivity index (χ1) is 11.4. The number of likely N-dealkylation sites (tertiary alicyclic amines) is 1. The van der Waals surface area contributed by atoms with Crippen LogP contribution in [0.2, 0.25) is 0 Å². The minimum Gasteiger partial charge on any atom is -0.338 e. The molecule has 0 bridgehead atoms. The molecule has 1 aliphatic rings. The molecule has 0 unspecified atom stereocenters. The fourth-order valence-corrected chi connectivity index (χ4v) is 3.92. The van der Waals surface area contributed by atoms with Crippen molar-refractivity contribution in [1.29, 1.82) is 0 Å². The summed E-state index contributed by atoms with van der Waals surface area (Å²) in [5.41, 5.74) is 1.62. The largest absolute Gasteiger partial charge is 0.338 e. The number of carbonyl (C=O) groups excluding carboxylic acids is 1. The van der Waals surface area contributed by atoms with Gasteiger partial charge in [0.15, 0.2) is 0 Å². The summed E-state index contributed by atoms with van der Waals surface area (Å²) in [6, 6.07) is 9.87. The maximum atomic E-state index is 12.5. The summed E-state index contributed by atoms with van der Waals surface area (Å²) in [6.45, 7) is 1.56. The summed E-state index contributed by atoms with van der Waals surface area (Å²) in [5.74, 6) is -0.293. The van der Waals surface area contributed by atoms with Gasteiger partial charge < -0.3 is 4.90 Å². The van der Waals surface area contributed by atoms with Crippen LogP contribution < -0.4 is 5.14 Å². The summed E-state index contributed by atoms with van der Waals surface area (Å²) in [4.78, 5) is 14.2. The Morgan fingerprint density at radius 1 is 1.29 bits per heavy atom. The first-order valence-corrected chi connectivity index (χ1v) is 9.48. The zero-order valence-corrected chi connectivity index (χ0v) is 14.0. The average molecular weight is 348 g/mol. The highest BCUT2D eigenvalue weighted by atomic mass is 32.2. The van der Waals surface area contributed by atoms with Gasteiger partial charge in [0.05, 0.1) is 24.1 Å². The number of nitrogens with zero attached hydrogens (tertiary/aromatic N) is 3. The van der Waals surface area contributed by atoms with Gasteiger partial charge in [0, 0.05) is 19.3 Å². The topological polar surface area (TPSA) is 98.3 Å². The number of primary sulfonamides is 1. The van der Waals surface area contributed by atoms with Crippen LogP contribution in [-0.2, 0) is 16.6 Å². The zero-order valence-electron chi connectivity index (χ0n) is 13.2. The maximum absolute atomic E-state index is 12.5. The molecule has 8 heteroatoms. The Morgan fingerprint density at radius 3 is 2.75 bits per heavy atom. The molecule has 0 aliphatic carbocycles. The third-order valence-electron chi connectivity index (χ3n) is 4.11. The Kier molecular flexibility index (Phi) is 4.68. The molecule has 24 heavy (non-hydrogen) atoms. The van der Waals surface area contributed by atoms with Crippen molar-refractivity contribution in [3.05, 3.63) is 53.9 Å². The Labute approximate surface area is 141 Å². The van der Waals surface area contributed by atoms with Crippen molar-refractivity contribution in [2.24, 2.45) is 11.1 Å². The van der Waals surface area contributed by atoms with Crippen LogP contribution in [0.15, 0.2) is 42.7 Å². The molecule has 2 heterocycles. The van der Waals surface area contributed by atoms with E-state index in [1.54, 1.807) is 22.0 Å². The van der Waals surface area contributed by atoms with E-state index in [9.17, 15) is 13.2 Å². The van der Waals surface area contributed by atoms with Gasteiger partial charge in [-0.3, -0.25) is 9.48 Å². The van der Waals surface area contributed by atoms with Crippen LogP contribution in [0.5, 0.6) is 0 Å².